The van der Waals surface area contributed by atoms with Gasteiger partial charge in [0.1, 0.15) is 10.8 Å². The molecule has 1 aromatic heterocycles. The highest BCUT2D eigenvalue weighted by Gasteiger charge is 2.28. The van der Waals surface area contributed by atoms with Gasteiger partial charge in [0.05, 0.1) is 23.0 Å². The van der Waals surface area contributed by atoms with Crippen LogP contribution >= 0.6 is 23.2 Å². The molecule has 1 atom stereocenters. The minimum absolute atomic E-state index is 0.182. The van der Waals surface area contributed by atoms with Crippen LogP contribution in [0.5, 0.6) is 0 Å². The number of aromatic nitrogens is 1. The highest BCUT2D eigenvalue weighted by molar-refractivity contribution is 6.36. The van der Waals surface area contributed by atoms with Crippen molar-refractivity contribution in [3.8, 4) is 0 Å². The number of ether oxygens (including phenoxy) is 1. The van der Waals surface area contributed by atoms with Crippen LogP contribution in [0.4, 0.5) is 5.69 Å². The fourth-order valence-corrected chi connectivity index (χ4v) is 2.64. The van der Waals surface area contributed by atoms with E-state index in [1.165, 1.54) is 0 Å². The first kappa shape index (κ1) is 16.6. The monoisotopic (exact) mass is 361 g/mol. The maximum Gasteiger partial charge on any atom is 0.276 e. The number of fused-ring (bicyclic) bond motifs is 1. The van der Waals surface area contributed by atoms with Crippen LogP contribution in [-0.2, 0) is 9.53 Å². The lowest BCUT2D eigenvalue weighted by Crippen LogP contribution is -2.28. The summed E-state index contributed by atoms with van der Waals surface area (Å²) >= 11 is 12.3. The van der Waals surface area contributed by atoms with Gasteiger partial charge in [-0.05, 0) is 18.2 Å². The van der Waals surface area contributed by atoms with Crippen LogP contribution in [0, 0.1) is 0 Å². The van der Waals surface area contributed by atoms with Crippen LogP contribution in [0.25, 0.3) is 0 Å². The number of carbonyl (C=O) groups excluding carboxylic acids is 1. The van der Waals surface area contributed by atoms with Crippen molar-refractivity contribution in [3.63, 3.8) is 0 Å². The Morgan fingerprint density at radius 1 is 1.25 bits per heavy atom. The summed E-state index contributed by atoms with van der Waals surface area (Å²) in [5.74, 6) is -0.399. The number of halogens is 2. The molecule has 1 amide bonds. The van der Waals surface area contributed by atoms with E-state index in [1.54, 1.807) is 30.3 Å². The van der Waals surface area contributed by atoms with Crippen LogP contribution in [0.2, 0.25) is 10.2 Å². The normalized spacial score (nSPS) is 16.7. The first-order valence-electron chi connectivity index (χ1n) is 7.13. The van der Waals surface area contributed by atoms with E-state index in [0.717, 1.165) is 0 Å². The third kappa shape index (κ3) is 3.33. The number of nitrogens with one attached hydrogen (secondary N) is 1. The Balaban J connectivity index is 2.19. The van der Waals surface area contributed by atoms with Gasteiger partial charge in [0.15, 0.2) is 0 Å². The maximum atomic E-state index is 12.4. The number of hydrogen-bond acceptors (Lipinski definition) is 4. The third-order valence-electron chi connectivity index (χ3n) is 3.32. The Kier molecular flexibility index (Phi) is 4.94. The lowest BCUT2D eigenvalue weighted by atomic mass is 10.1. The number of carbonyl (C=O) groups is 1. The smallest absolute Gasteiger partial charge is 0.276 e. The van der Waals surface area contributed by atoms with Crippen LogP contribution in [-0.4, -0.2) is 29.4 Å². The molecule has 0 radical (unpaired) electrons. The molecule has 24 heavy (non-hydrogen) atoms. The SMILES string of the molecule is C=CCOC1N=C(c2ccccc2Cl)c2nc(Cl)ccc2NC1=O. The molecule has 3 rings (SSSR count). The van der Waals surface area contributed by atoms with Crippen molar-refractivity contribution in [2.45, 2.75) is 6.23 Å². The molecule has 1 unspecified atom stereocenters. The molecule has 1 N–H and O–H groups in total. The maximum absolute atomic E-state index is 12.4. The predicted octanol–water partition coefficient (Wildman–Crippen LogP) is 3.71. The Morgan fingerprint density at radius 3 is 2.79 bits per heavy atom. The van der Waals surface area contributed by atoms with Gasteiger partial charge in [-0.1, -0.05) is 47.5 Å². The van der Waals surface area contributed by atoms with E-state index in [0.29, 0.717) is 27.7 Å². The van der Waals surface area contributed by atoms with Gasteiger partial charge in [-0.15, -0.1) is 6.58 Å². The van der Waals surface area contributed by atoms with Crippen molar-refractivity contribution in [2.75, 3.05) is 11.9 Å². The Bertz CT molecular complexity index is 836. The summed E-state index contributed by atoms with van der Waals surface area (Å²) in [6, 6.07) is 10.4. The van der Waals surface area contributed by atoms with Crippen molar-refractivity contribution in [3.05, 3.63) is 70.5 Å². The van der Waals surface area contributed by atoms with E-state index < -0.39 is 12.1 Å². The topological polar surface area (TPSA) is 63.6 Å². The minimum Gasteiger partial charge on any atom is -0.344 e. The summed E-state index contributed by atoms with van der Waals surface area (Å²) in [6.45, 7) is 3.76. The van der Waals surface area contributed by atoms with Crippen molar-refractivity contribution in [1.29, 1.82) is 0 Å². The van der Waals surface area contributed by atoms with Crippen molar-refractivity contribution in [1.82, 2.24) is 4.98 Å². The molecule has 0 spiro atoms. The molecule has 7 heteroatoms. The molecular weight excluding hydrogens is 349 g/mol. The fourth-order valence-electron chi connectivity index (χ4n) is 2.27. The molecule has 0 saturated carbocycles. The summed E-state index contributed by atoms with van der Waals surface area (Å²) in [5, 5.41) is 3.52. The molecule has 5 nitrogen and oxygen atoms in total. The molecular formula is C17H13Cl2N3O2. The largest absolute Gasteiger partial charge is 0.344 e. The number of benzene rings is 1. The Morgan fingerprint density at radius 2 is 2.04 bits per heavy atom. The van der Waals surface area contributed by atoms with E-state index >= 15 is 0 Å². The zero-order chi connectivity index (χ0) is 17.1. The van der Waals surface area contributed by atoms with E-state index in [4.69, 9.17) is 27.9 Å². The van der Waals surface area contributed by atoms with Gasteiger partial charge in [0, 0.05) is 5.56 Å². The van der Waals surface area contributed by atoms with Gasteiger partial charge in [0.25, 0.3) is 5.91 Å². The number of hydrogen-bond donors (Lipinski definition) is 1. The molecule has 0 bridgehead atoms. The number of anilines is 1. The number of pyridine rings is 1. The first-order chi connectivity index (χ1) is 11.6. The average molecular weight is 362 g/mol. The quantitative estimate of drug-likeness (QED) is 0.666. The highest BCUT2D eigenvalue weighted by Crippen LogP contribution is 2.27. The zero-order valence-corrected chi connectivity index (χ0v) is 14.0. The molecule has 122 valence electrons. The Hall–Kier alpha value is -2.21. The van der Waals surface area contributed by atoms with E-state index in [1.807, 2.05) is 12.1 Å². The lowest BCUT2D eigenvalue weighted by molar-refractivity contribution is -0.126. The third-order valence-corrected chi connectivity index (χ3v) is 3.86. The van der Waals surface area contributed by atoms with Gasteiger partial charge in [-0.2, -0.15) is 0 Å². The zero-order valence-electron chi connectivity index (χ0n) is 12.5. The van der Waals surface area contributed by atoms with Crippen molar-refractivity contribution in [2.24, 2.45) is 4.99 Å². The molecule has 1 aliphatic heterocycles. The van der Waals surface area contributed by atoms with Gasteiger partial charge >= 0.3 is 0 Å². The summed E-state index contributed by atoms with van der Waals surface area (Å²) < 4.78 is 5.46. The fraction of sp³-hybridized carbons (Fsp3) is 0.118. The van der Waals surface area contributed by atoms with Crippen molar-refractivity contribution < 1.29 is 9.53 Å². The van der Waals surface area contributed by atoms with E-state index in [9.17, 15) is 4.79 Å². The molecule has 2 aromatic rings. The van der Waals surface area contributed by atoms with Crippen LogP contribution in [0.1, 0.15) is 11.3 Å². The van der Waals surface area contributed by atoms with Crippen LogP contribution < -0.4 is 5.32 Å². The summed E-state index contributed by atoms with van der Waals surface area (Å²) in [6.07, 6.45) is 0.507. The number of rotatable bonds is 4. The second-order valence-corrected chi connectivity index (χ2v) is 5.75. The average Bonchev–Trinajstić information content (AvgIpc) is 2.70. The van der Waals surface area contributed by atoms with Gasteiger partial charge < -0.3 is 10.1 Å². The van der Waals surface area contributed by atoms with Crippen LogP contribution in [0.3, 0.4) is 0 Å². The number of nitrogens with zero attached hydrogens (tertiary/aromatic N) is 2. The molecule has 1 aromatic carbocycles. The first-order valence-corrected chi connectivity index (χ1v) is 7.88. The van der Waals surface area contributed by atoms with E-state index in [2.05, 4.69) is 21.9 Å². The van der Waals surface area contributed by atoms with E-state index in [-0.39, 0.29) is 11.8 Å². The standard InChI is InChI=1S/C17H13Cl2N3O2/c1-2-9-24-17-16(23)20-12-7-8-13(19)21-15(12)14(22-17)10-5-3-4-6-11(10)18/h2-8,17H,1,9H2,(H,20,23). The van der Waals surface area contributed by atoms with Gasteiger partial charge in [0.2, 0.25) is 6.23 Å². The summed E-state index contributed by atoms with van der Waals surface area (Å²) in [7, 11) is 0. The summed E-state index contributed by atoms with van der Waals surface area (Å²) in [4.78, 5) is 21.1. The van der Waals surface area contributed by atoms with Gasteiger partial charge in [-0.25, -0.2) is 9.98 Å². The molecule has 0 saturated heterocycles. The minimum atomic E-state index is -1.04. The van der Waals surface area contributed by atoms with Crippen LogP contribution in [0.15, 0.2) is 54.0 Å². The number of amides is 1. The summed E-state index contributed by atoms with van der Waals surface area (Å²) in [5.41, 5.74) is 2.01. The van der Waals surface area contributed by atoms with Gasteiger partial charge in [-0.3, -0.25) is 4.79 Å². The second-order valence-electron chi connectivity index (χ2n) is 4.95. The van der Waals surface area contributed by atoms with Crippen molar-refractivity contribution >= 4 is 40.5 Å². The Labute approximate surface area is 149 Å². The molecule has 0 fully saturated rings. The second kappa shape index (κ2) is 7.13. The highest BCUT2D eigenvalue weighted by atomic mass is 35.5. The molecule has 0 aliphatic carbocycles. The number of aliphatic imine (C=N–C) groups is 1. The lowest BCUT2D eigenvalue weighted by Gasteiger charge is -2.11. The molecule has 2 heterocycles. The molecule has 1 aliphatic rings. The predicted molar refractivity (Wildman–Crippen MR) is 94.9 cm³/mol.